The number of anilines is 1. The number of nitrogens with zero attached hydrogens (tertiary/aromatic N) is 3. The Labute approximate surface area is 64.7 Å². The van der Waals surface area contributed by atoms with Crippen molar-refractivity contribution in [2.75, 3.05) is 5.32 Å². The molecule has 0 bridgehead atoms. The highest BCUT2D eigenvalue weighted by Gasteiger charge is 1.91. The lowest BCUT2D eigenvalue weighted by molar-refractivity contribution is 1.05. The van der Waals surface area contributed by atoms with Gasteiger partial charge >= 0.3 is 0 Å². The Morgan fingerprint density at radius 1 is 1.45 bits per heavy atom. The van der Waals surface area contributed by atoms with Gasteiger partial charge in [0.2, 0.25) is 5.95 Å². The minimum Gasteiger partial charge on any atom is -0.325 e. The Morgan fingerprint density at radius 2 is 2.09 bits per heavy atom. The second kappa shape index (κ2) is 3.46. The second-order valence-corrected chi connectivity index (χ2v) is 1.82. The molecule has 0 unspecified atom stereocenters. The molecule has 4 nitrogen and oxygen atoms in total. The van der Waals surface area contributed by atoms with Crippen LogP contribution in [0.3, 0.4) is 0 Å². The molecule has 0 saturated heterocycles. The molecule has 0 fully saturated rings. The summed E-state index contributed by atoms with van der Waals surface area (Å²) in [5.41, 5.74) is 0.663. The van der Waals surface area contributed by atoms with Crippen LogP contribution in [-0.2, 0) is 0 Å². The molecule has 1 aromatic heterocycles. The van der Waals surface area contributed by atoms with Crippen LogP contribution in [0.5, 0.6) is 0 Å². The second-order valence-electron chi connectivity index (χ2n) is 1.82. The average molecular weight is 148 g/mol. The Morgan fingerprint density at radius 3 is 2.64 bits per heavy atom. The van der Waals surface area contributed by atoms with Crippen LogP contribution >= 0.6 is 0 Å². The summed E-state index contributed by atoms with van der Waals surface area (Å²) in [6.45, 7) is 7.16. The Balaban J connectivity index is 2.65. The third-order valence-electron chi connectivity index (χ3n) is 1.01. The Hall–Kier alpha value is -1.71. The van der Waals surface area contributed by atoms with Crippen molar-refractivity contribution in [2.45, 2.75) is 0 Å². The van der Waals surface area contributed by atoms with E-state index in [4.69, 9.17) is 0 Å². The van der Waals surface area contributed by atoms with Crippen molar-refractivity contribution in [1.82, 2.24) is 15.0 Å². The average Bonchev–Trinajstić information content (AvgIpc) is 2.06. The molecule has 11 heavy (non-hydrogen) atoms. The maximum absolute atomic E-state index is 3.82. The standard InChI is InChI=1S/C7H8N4/c1-3-6(2)11-7-9-4-8-5-10-7/h3-5H,1-2H2,(H,8,9,10,11). The maximum atomic E-state index is 3.82. The van der Waals surface area contributed by atoms with Gasteiger partial charge in [0.1, 0.15) is 12.7 Å². The first-order valence-corrected chi connectivity index (χ1v) is 3.03. The van der Waals surface area contributed by atoms with Gasteiger partial charge in [-0.05, 0) is 6.08 Å². The highest BCUT2D eigenvalue weighted by Crippen LogP contribution is 1.97. The van der Waals surface area contributed by atoms with Crippen LogP contribution in [0.1, 0.15) is 0 Å². The van der Waals surface area contributed by atoms with Crippen LogP contribution in [-0.4, -0.2) is 15.0 Å². The molecule has 1 N–H and O–H groups in total. The molecular weight excluding hydrogens is 140 g/mol. The van der Waals surface area contributed by atoms with Gasteiger partial charge in [0.05, 0.1) is 0 Å². The number of nitrogens with one attached hydrogen (secondary N) is 1. The van der Waals surface area contributed by atoms with E-state index >= 15 is 0 Å². The van der Waals surface area contributed by atoms with Gasteiger partial charge in [-0.25, -0.2) is 15.0 Å². The molecule has 0 aliphatic carbocycles. The van der Waals surface area contributed by atoms with E-state index in [-0.39, 0.29) is 0 Å². The van der Waals surface area contributed by atoms with Gasteiger partial charge in [0.25, 0.3) is 0 Å². The van der Waals surface area contributed by atoms with Crippen molar-refractivity contribution >= 4 is 5.95 Å². The summed E-state index contributed by atoms with van der Waals surface area (Å²) < 4.78 is 0. The molecule has 0 atom stereocenters. The molecule has 1 heterocycles. The van der Waals surface area contributed by atoms with Gasteiger partial charge in [0, 0.05) is 5.70 Å². The van der Waals surface area contributed by atoms with E-state index in [0.29, 0.717) is 11.6 Å². The first-order chi connectivity index (χ1) is 5.33. The molecule has 0 aromatic carbocycles. The molecule has 1 rings (SSSR count). The molecule has 0 aliphatic heterocycles. The molecular formula is C7H8N4. The number of allylic oxidation sites excluding steroid dienone is 1. The van der Waals surface area contributed by atoms with Crippen LogP contribution in [0.4, 0.5) is 5.95 Å². The third-order valence-corrected chi connectivity index (χ3v) is 1.01. The van der Waals surface area contributed by atoms with Gasteiger partial charge in [-0.1, -0.05) is 13.2 Å². The van der Waals surface area contributed by atoms with Crippen LogP contribution in [0.15, 0.2) is 37.6 Å². The number of hydrogen-bond donors (Lipinski definition) is 1. The van der Waals surface area contributed by atoms with Crippen LogP contribution < -0.4 is 5.32 Å². The third kappa shape index (κ3) is 2.17. The topological polar surface area (TPSA) is 50.7 Å². The lowest BCUT2D eigenvalue weighted by Crippen LogP contribution is -1.99. The predicted octanol–water partition coefficient (Wildman–Crippen LogP) is 0.983. The fraction of sp³-hybridized carbons (Fsp3) is 0. The Bertz CT molecular complexity index is 254. The molecule has 1 aromatic rings. The summed E-state index contributed by atoms with van der Waals surface area (Å²) in [4.78, 5) is 11.3. The van der Waals surface area contributed by atoms with E-state index in [1.54, 1.807) is 6.08 Å². The zero-order valence-electron chi connectivity index (χ0n) is 5.99. The van der Waals surface area contributed by atoms with Crippen molar-refractivity contribution in [2.24, 2.45) is 0 Å². The number of aromatic nitrogens is 3. The quantitative estimate of drug-likeness (QED) is 0.649. The zero-order valence-corrected chi connectivity index (χ0v) is 5.99. The summed E-state index contributed by atoms with van der Waals surface area (Å²) in [5, 5.41) is 2.82. The number of rotatable bonds is 3. The minimum absolute atomic E-state index is 0.477. The molecule has 0 spiro atoms. The van der Waals surface area contributed by atoms with E-state index in [1.165, 1.54) is 12.7 Å². The van der Waals surface area contributed by atoms with Gasteiger partial charge in [-0.2, -0.15) is 0 Å². The van der Waals surface area contributed by atoms with Crippen LogP contribution in [0, 0.1) is 0 Å². The molecule has 4 heteroatoms. The normalized spacial score (nSPS) is 8.73. The van der Waals surface area contributed by atoms with Crippen LogP contribution in [0.25, 0.3) is 0 Å². The van der Waals surface area contributed by atoms with E-state index in [0.717, 1.165) is 0 Å². The molecule has 56 valence electrons. The first-order valence-electron chi connectivity index (χ1n) is 3.03. The van der Waals surface area contributed by atoms with E-state index in [2.05, 4.69) is 33.4 Å². The first kappa shape index (κ1) is 7.40. The molecule has 0 saturated carbocycles. The Kier molecular flexibility index (Phi) is 2.32. The van der Waals surface area contributed by atoms with Gasteiger partial charge in [-0.3, -0.25) is 0 Å². The summed E-state index contributed by atoms with van der Waals surface area (Å²) in [5.74, 6) is 0.477. The maximum Gasteiger partial charge on any atom is 0.230 e. The monoisotopic (exact) mass is 148 g/mol. The fourth-order valence-electron chi connectivity index (χ4n) is 0.498. The SMILES string of the molecule is C=CC(=C)Nc1ncncn1. The highest BCUT2D eigenvalue weighted by molar-refractivity contribution is 5.35. The van der Waals surface area contributed by atoms with Crippen molar-refractivity contribution < 1.29 is 0 Å². The fourth-order valence-corrected chi connectivity index (χ4v) is 0.498. The van der Waals surface area contributed by atoms with Crippen molar-refractivity contribution in [1.29, 1.82) is 0 Å². The molecule has 0 amide bonds. The zero-order chi connectivity index (χ0) is 8.10. The van der Waals surface area contributed by atoms with Crippen molar-refractivity contribution in [3.05, 3.63) is 37.6 Å². The highest BCUT2D eigenvalue weighted by atomic mass is 15.1. The molecule has 0 aliphatic rings. The summed E-state index contributed by atoms with van der Waals surface area (Å²) in [6.07, 6.45) is 4.40. The van der Waals surface area contributed by atoms with Gasteiger partial charge in [-0.15, -0.1) is 0 Å². The summed E-state index contributed by atoms with van der Waals surface area (Å²) in [6, 6.07) is 0. The minimum atomic E-state index is 0.477. The smallest absolute Gasteiger partial charge is 0.230 e. The summed E-state index contributed by atoms with van der Waals surface area (Å²) in [7, 11) is 0. The molecule has 0 radical (unpaired) electrons. The largest absolute Gasteiger partial charge is 0.325 e. The van der Waals surface area contributed by atoms with Gasteiger partial charge in [0.15, 0.2) is 0 Å². The number of hydrogen-bond acceptors (Lipinski definition) is 4. The van der Waals surface area contributed by atoms with Crippen LogP contribution in [0.2, 0.25) is 0 Å². The lowest BCUT2D eigenvalue weighted by Gasteiger charge is -2.00. The predicted molar refractivity (Wildman–Crippen MR) is 42.8 cm³/mol. The van der Waals surface area contributed by atoms with E-state index in [1.807, 2.05) is 0 Å². The van der Waals surface area contributed by atoms with E-state index in [9.17, 15) is 0 Å². The lowest BCUT2D eigenvalue weighted by atomic mass is 10.5. The van der Waals surface area contributed by atoms with E-state index < -0.39 is 0 Å². The van der Waals surface area contributed by atoms with Crippen molar-refractivity contribution in [3.8, 4) is 0 Å². The van der Waals surface area contributed by atoms with Crippen molar-refractivity contribution in [3.63, 3.8) is 0 Å². The van der Waals surface area contributed by atoms with Gasteiger partial charge < -0.3 is 5.32 Å². The summed E-state index contributed by atoms with van der Waals surface area (Å²) >= 11 is 0.